The van der Waals surface area contributed by atoms with Gasteiger partial charge in [0.15, 0.2) is 0 Å². The standard InChI is InChI=1S/C16H28N2O3/c1-14(2,3)21-13(19)18-9-7-16(8-10-18)12-20-11-15(17-16)5-4-6-15/h17H,4-12H2,1-3H3. The first-order chi connectivity index (χ1) is 9.82. The van der Waals surface area contributed by atoms with Gasteiger partial charge in [-0.15, -0.1) is 0 Å². The molecule has 0 atom stereocenters. The topological polar surface area (TPSA) is 50.8 Å². The summed E-state index contributed by atoms with van der Waals surface area (Å²) in [7, 11) is 0. The lowest BCUT2D eigenvalue weighted by Gasteiger charge is -2.55. The van der Waals surface area contributed by atoms with Crippen molar-refractivity contribution in [3.8, 4) is 0 Å². The molecule has 0 aromatic heterocycles. The minimum atomic E-state index is -0.422. The molecule has 2 saturated heterocycles. The second kappa shape index (κ2) is 5.13. The number of piperidine rings is 1. The molecule has 1 aliphatic carbocycles. The van der Waals surface area contributed by atoms with E-state index >= 15 is 0 Å². The third-order valence-corrected chi connectivity index (χ3v) is 4.97. The van der Waals surface area contributed by atoms with Crippen LogP contribution >= 0.6 is 0 Å². The third kappa shape index (κ3) is 3.19. The molecule has 0 aromatic carbocycles. The number of morpholine rings is 1. The van der Waals surface area contributed by atoms with Gasteiger partial charge in [-0.1, -0.05) is 0 Å². The van der Waals surface area contributed by atoms with Gasteiger partial charge in [-0.05, 0) is 52.9 Å². The fourth-order valence-corrected chi connectivity index (χ4v) is 3.66. The average Bonchev–Trinajstić information content (AvgIpc) is 2.36. The summed E-state index contributed by atoms with van der Waals surface area (Å²) in [6.45, 7) is 8.86. The number of rotatable bonds is 0. The molecule has 120 valence electrons. The first kappa shape index (κ1) is 15.1. The molecule has 2 spiro atoms. The van der Waals surface area contributed by atoms with Crippen LogP contribution in [0, 0.1) is 0 Å². The maximum Gasteiger partial charge on any atom is 0.410 e. The van der Waals surface area contributed by atoms with Crippen molar-refractivity contribution in [3.63, 3.8) is 0 Å². The minimum absolute atomic E-state index is 0.0666. The van der Waals surface area contributed by atoms with Gasteiger partial charge in [0.2, 0.25) is 0 Å². The zero-order valence-electron chi connectivity index (χ0n) is 13.5. The highest BCUT2D eigenvalue weighted by molar-refractivity contribution is 5.68. The number of likely N-dealkylation sites (tertiary alicyclic amines) is 1. The molecule has 3 rings (SSSR count). The van der Waals surface area contributed by atoms with Crippen molar-refractivity contribution in [1.29, 1.82) is 0 Å². The first-order valence-corrected chi connectivity index (χ1v) is 8.17. The predicted octanol–water partition coefficient (Wildman–Crippen LogP) is 2.30. The molecule has 2 heterocycles. The lowest BCUT2D eigenvalue weighted by Crippen LogP contribution is -2.71. The van der Waals surface area contributed by atoms with E-state index in [9.17, 15) is 4.79 Å². The fraction of sp³-hybridized carbons (Fsp3) is 0.938. The van der Waals surface area contributed by atoms with Gasteiger partial charge in [0.1, 0.15) is 5.60 Å². The van der Waals surface area contributed by atoms with Crippen molar-refractivity contribution in [2.45, 2.75) is 69.6 Å². The van der Waals surface area contributed by atoms with Gasteiger partial charge >= 0.3 is 6.09 Å². The number of ether oxygens (including phenoxy) is 2. The van der Waals surface area contributed by atoms with Crippen molar-refractivity contribution in [1.82, 2.24) is 10.2 Å². The fourth-order valence-electron chi connectivity index (χ4n) is 3.66. The molecular formula is C16H28N2O3. The molecule has 2 aliphatic heterocycles. The van der Waals surface area contributed by atoms with E-state index in [0.29, 0.717) is 0 Å². The Hall–Kier alpha value is -0.810. The van der Waals surface area contributed by atoms with Crippen molar-refractivity contribution in [2.75, 3.05) is 26.3 Å². The Balaban J connectivity index is 1.56. The van der Waals surface area contributed by atoms with Crippen LogP contribution in [0.4, 0.5) is 4.79 Å². The van der Waals surface area contributed by atoms with Crippen LogP contribution in [-0.2, 0) is 9.47 Å². The highest BCUT2D eigenvalue weighted by Crippen LogP contribution is 2.39. The second-order valence-electron chi connectivity index (χ2n) is 8.00. The Labute approximate surface area is 127 Å². The van der Waals surface area contributed by atoms with Gasteiger partial charge in [0, 0.05) is 24.2 Å². The number of hydrogen-bond donors (Lipinski definition) is 1. The summed E-state index contributed by atoms with van der Waals surface area (Å²) in [5.41, 5.74) is -0.127. The monoisotopic (exact) mass is 296 g/mol. The molecule has 1 N–H and O–H groups in total. The Morgan fingerprint density at radius 1 is 1.10 bits per heavy atom. The van der Waals surface area contributed by atoms with Crippen LogP contribution in [0.5, 0.6) is 0 Å². The molecule has 0 radical (unpaired) electrons. The van der Waals surface area contributed by atoms with Gasteiger partial charge < -0.3 is 19.7 Å². The van der Waals surface area contributed by atoms with Gasteiger partial charge in [-0.2, -0.15) is 0 Å². The maximum atomic E-state index is 12.1. The van der Waals surface area contributed by atoms with Gasteiger partial charge in [0.05, 0.1) is 13.2 Å². The Kier molecular flexibility index (Phi) is 3.69. The summed E-state index contributed by atoms with van der Waals surface area (Å²) < 4.78 is 11.4. The van der Waals surface area contributed by atoms with Crippen LogP contribution in [0.1, 0.15) is 52.9 Å². The quantitative estimate of drug-likeness (QED) is 0.745. The highest BCUT2D eigenvalue weighted by atomic mass is 16.6. The van der Waals surface area contributed by atoms with E-state index in [2.05, 4.69) is 5.32 Å². The summed E-state index contributed by atoms with van der Waals surface area (Å²) >= 11 is 0. The first-order valence-electron chi connectivity index (χ1n) is 8.17. The van der Waals surface area contributed by atoms with Crippen molar-refractivity contribution in [2.24, 2.45) is 0 Å². The van der Waals surface area contributed by atoms with Gasteiger partial charge in [0.25, 0.3) is 0 Å². The lowest BCUT2D eigenvalue weighted by atomic mass is 9.72. The Bertz CT molecular complexity index is 404. The van der Waals surface area contributed by atoms with Crippen LogP contribution in [0.3, 0.4) is 0 Å². The largest absolute Gasteiger partial charge is 0.444 e. The van der Waals surface area contributed by atoms with E-state index in [-0.39, 0.29) is 17.2 Å². The van der Waals surface area contributed by atoms with Gasteiger partial charge in [-0.25, -0.2) is 4.79 Å². The molecule has 0 aromatic rings. The summed E-state index contributed by atoms with van der Waals surface area (Å²) in [5, 5.41) is 3.89. The van der Waals surface area contributed by atoms with E-state index < -0.39 is 5.60 Å². The van der Waals surface area contributed by atoms with Crippen LogP contribution < -0.4 is 5.32 Å². The molecular weight excluding hydrogens is 268 g/mol. The highest BCUT2D eigenvalue weighted by Gasteiger charge is 2.49. The van der Waals surface area contributed by atoms with Crippen LogP contribution in [0.15, 0.2) is 0 Å². The van der Waals surface area contributed by atoms with Crippen LogP contribution in [0.25, 0.3) is 0 Å². The van der Waals surface area contributed by atoms with E-state index in [4.69, 9.17) is 9.47 Å². The number of carbonyl (C=O) groups is 1. The molecule has 5 nitrogen and oxygen atoms in total. The summed E-state index contributed by atoms with van der Waals surface area (Å²) in [5.74, 6) is 0. The second-order valence-corrected chi connectivity index (χ2v) is 8.00. The third-order valence-electron chi connectivity index (χ3n) is 4.97. The van der Waals surface area contributed by atoms with E-state index in [1.54, 1.807) is 0 Å². The Morgan fingerprint density at radius 3 is 2.14 bits per heavy atom. The van der Waals surface area contributed by atoms with Gasteiger partial charge in [-0.3, -0.25) is 0 Å². The summed E-state index contributed by atoms with van der Waals surface area (Å²) in [6, 6.07) is 0. The lowest BCUT2D eigenvalue weighted by molar-refractivity contribution is -0.0903. The van der Waals surface area contributed by atoms with Crippen molar-refractivity contribution in [3.05, 3.63) is 0 Å². The average molecular weight is 296 g/mol. The van der Waals surface area contributed by atoms with Crippen LogP contribution in [0.2, 0.25) is 0 Å². The number of hydrogen-bond acceptors (Lipinski definition) is 4. The van der Waals surface area contributed by atoms with E-state index in [0.717, 1.165) is 39.1 Å². The maximum absolute atomic E-state index is 12.1. The van der Waals surface area contributed by atoms with Crippen molar-refractivity contribution < 1.29 is 14.3 Å². The SMILES string of the molecule is CC(C)(C)OC(=O)N1CCC2(CC1)COCC1(CCC1)N2. The Morgan fingerprint density at radius 2 is 1.67 bits per heavy atom. The molecule has 0 bridgehead atoms. The van der Waals surface area contributed by atoms with E-state index in [1.165, 1.54) is 19.3 Å². The minimum Gasteiger partial charge on any atom is -0.444 e. The molecule has 1 amide bonds. The summed E-state index contributed by atoms with van der Waals surface area (Å²) in [4.78, 5) is 14.0. The van der Waals surface area contributed by atoms with Crippen molar-refractivity contribution >= 4 is 6.09 Å². The number of carbonyl (C=O) groups excluding carboxylic acids is 1. The normalized spacial score (nSPS) is 27.5. The zero-order valence-corrected chi connectivity index (χ0v) is 13.5. The molecule has 21 heavy (non-hydrogen) atoms. The smallest absolute Gasteiger partial charge is 0.410 e. The van der Waals surface area contributed by atoms with Crippen LogP contribution in [-0.4, -0.2) is 54.0 Å². The molecule has 3 fully saturated rings. The molecule has 5 heteroatoms. The number of amides is 1. The molecule has 0 unspecified atom stereocenters. The summed E-state index contributed by atoms with van der Waals surface area (Å²) in [6.07, 6.45) is 5.47. The number of nitrogens with zero attached hydrogens (tertiary/aromatic N) is 1. The molecule has 1 saturated carbocycles. The predicted molar refractivity (Wildman–Crippen MR) is 80.3 cm³/mol. The van der Waals surface area contributed by atoms with E-state index in [1.807, 2.05) is 25.7 Å². The number of nitrogens with one attached hydrogen (secondary N) is 1. The molecule has 3 aliphatic rings. The zero-order chi connectivity index (χ0) is 15.1.